The summed E-state index contributed by atoms with van der Waals surface area (Å²) in [6.45, 7) is 1.93. The molecule has 34 heavy (non-hydrogen) atoms. The van der Waals surface area contributed by atoms with Crippen molar-refractivity contribution < 1.29 is 23.5 Å². The van der Waals surface area contributed by atoms with Crippen LogP contribution in [0.5, 0.6) is 5.75 Å². The van der Waals surface area contributed by atoms with Gasteiger partial charge in [0.2, 0.25) is 0 Å². The smallest absolute Gasteiger partial charge is 0.335 e. The van der Waals surface area contributed by atoms with Gasteiger partial charge in [-0.25, -0.2) is 14.1 Å². The van der Waals surface area contributed by atoms with Gasteiger partial charge in [-0.3, -0.25) is 14.9 Å². The zero-order chi connectivity index (χ0) is 24.4. The van der Waals surface area contributed by atoms with Crippen LogP contribution in [0.15, 0.2) is 70.7 Å². The number of imide groups is 2. The Bertz CT molecular complexity index is 1320. The Hall–Kier alpha value is -3.05. The van der Waals surface area contributed by atoms with E-state index in [1.807, 2.05) is 6.92 Å². The number of amides is 4. The second kappa shape index (κ2) is 10.1. The van der Waals surface area contributed by atoms with Gasteiger partial charge < -0.3 is 4.74 Å². The van der Waals surface area contributed by atoms with Crippen LogP contribution >= 0.6 is 38.5 Å². The third-order valence-electron chi connectivity index (χ3n) is 5.06. The number of nitrogens with zero attached hydrogens (tertiary/aromatic N) is 1. The molecule has 1 saturated heterocycles. The van der Waals surface area contributed by atoms with Gasteiger partial charge in [0.1, 0.15) is 23.7 Å². The number of rotatable bonds is 5. The number of urea groups is 1. The fourth-order valence-corrected chi connectivity index (χ4v) is 5.09. The number of aryl methyl sites for hydroxylation is 1. The van der Waals surface area contributed by atoms with Crippen molar-refractivity contribution in [3.05, 3.63) is 96.8 Å². The van der Waals surface area contributed by atoms with E-state index in [-0.39, 0.29) is 18.0 Å². The second-order valence-electron chi connectivity index (χ2n) is 7.49. The van der Waals surface area contributed by atoms with Gasteiger partial charge in [0.05, 0.1) is 13.7 Å². The molecule has 0 atom stereocenters. The number of anilines is 1. The maximum Gasteiger partial charge on any atom is 0.335 e. The highest BCUT2D eigenvalue weighted by Gasteiger charge is 2.36. The minimum atomic E-state index is -0.802. The van der Waals surface area contributed by atoms with E-state index in [4.69, 9.17) is 4.74 Å². The molecule has 3 aromatic carbocycles. The Morgan fingerprint density at radius 2 is 1.79 bits per heavy atom. The summed E-state index contributed by atoms with van der Waals surface area (Å²) >= 11 is 5.51. The van der Waals surface area contributed by atoms with Crippen LogP contribution in [0, 0.1) is 16.3 Å². The SMILES string of the molecule is Cc1ccc(N2C(=O)NC(=O)/C(=C\c3cc(Br)c(OCc4ccccc4F)c(I)c3)C2=O)cc1. The first kappa shape index (κ1) is 24.1. The fourth-order valence-electron chi connectivity index (χ4n) is 3.32. The van der Waals surface area contributed by atoms with E-state index in [1.165, 1.54) is 12.1 Å². The van der Waals surface area contributed by atoms with E-state index in [2.05, 4.69) is 43.8 Å². The van der Waals surface area contributed by atoms with Gasteiger partial charge in [0.15, 0.2) is 0 Å². The van der Waals surface area contributed by atoms with Crippen LogP contribution in [0.1, 0.15) is 16.7 Å². The lowest BCUT2D eigenvalue weighted by atomic mass is 10.1. The topological polar surface area (TPSA) is 75.7 Å². The summed E-state index contributed by atoms with van der Waals surface area (Å²) in [6, 6.07) is 15.8. The van der Waals surface area contributed by atoms with Crippen molar-refractivity contribution in [1.82, 2.24) is 5.32 Å². The summed E-state index contributed by atoms with van der Waals surface area (Å²) < 4.78 is 21.0. The number of nitrogens with one attached hydrogen (secondary N) is 1. The van der Waals surface area contributed by atoms with Crippen molar-refractivity contribution in [2.75, 3.05) is 4.90 Å². The van der Waals surface area contributed by atoms with E-state index >= 15 is 0 Å². The lowest BCUT2D eigenvalue weighted by Gasteiger charge is -2.26. The molecule has 1 aliphatic rings. The van der Waals surface area contributed by atoms with Crippen molar-refractivity contribution in [3.63, 3.8) is 0 Å². The standard InChI is InChI=1S/C25H17BrFIN2O4/c1-14-6-8-17(9-7-14)30-24(32)18(23(31)29-25(30)33)10-15-11-19(26)22(21(28)12-15)34-13-16-4-2-3-5-20(16)27/h2-12H,13H2,1H3,(H,29,31,33)/b18-10+. The summed E-state index contributed by atoms with van der Waals surface area (Å²) in [5.74, 6) is -1.35. The molecule has 4 rings (SSSR count). The first-order valence-electron chi connectivity index (χ1n) is 10.1. The molecule has 6 nitrogen and oxygen atoms in total. The highest BCUT2D eigenvalue weighted by Crippen LogP contribution is 2.34. The fraction of sp³-hybridized carbons (Fsp3) is 0.0800. The van der Waals surface area contributed by atoms with Crippen molar-refractivity contribution in [2.24, 2.45) is 0 Å². The summed E-state index contributed by atoms with van der Waals surface area (Å²) in [5.41, 5.74) is 2.12. The summed E-state index contributed by atoms with van der Waals surface area (Å²) in [5, 5.41) is 2.21. The first-order chi connectivity index (χ1) is 16.2. The van der Waals surface area contributed by atoms with Crippen LogP contribution in [0.3, 0.4) is 0 Å². The molecule has 0 unspecified atom stereocenters. The third kappa shape index (κ3) is 5.05. The molecule has 1 aliphatic heterocycles. The zero-order valence-corrected chi connectivity index (χ0v) is 21.5. The molecule has 1 heterocycles. The molecule has 172 valence electrons. The van der Waals surface area contributed by atoms with Crippen molar-refractivity contribution in [2.45, 2.75) is 13.5 Å². The van der Waals surface area contributed by atoms with Crippen LogP contribution in [-0.4, -0.2) is 17.8 Å². The molecule has 0 bridgehead atoms. The molecule has 0 saturated carbocycles. The summed E-state index contributed by atoms with van der Waals surface area (Å²) in [4.78, 5) is 38.8. The number of barbiturate groups is 1. The van der Waals surface area contributed by atoms with Gasteiger partial charge in [-0.1, -0.05) is 35.9 Å². The number of carbonyl (C=O) groups is 3. The molecule has 0 radical (unpaired) electrons. The van der Waals surface area contributed by atoms with Gasteiger partial charge in [-0.05, 0) is 87.4 Å². The highest BCUT2D eigenvalue weighted by atomic mass is 127. The van der Waals surface area contributed by atoms with E-state index in [1.54, 1.807) is 54.6 Å². The lowest BCUT2D eigenvalue weighted by Crippen LogP contribution is -2.54. The lowest BCUT2D eigenvalue weighted by molar-refractivity contribution is -0.122. The summed E-state index contributed by atoms with van der Waals surface area (Å²) in [7, 11) is 0. The second-order valence-corrected chi connectivity index (χ2v) is 9.50. The van der Waals surface area contributed by atoms with Crippen molar-refractivity contribution in [3.8, 4) is 5.75 Å². The molecule has 3 aromatic rings. The predicted octanol–water partition coefficient (Wildman–Crippen LogP) is 5.75. The normalized spacial score (nSPS) is 15.0. The van der Waals surface area contributed by atoms with Crippen molar-refractivity contribution >= 4 is 68.1 Å². The summed E-state index contributed by atoms with van der Waals surface area (Å²) in [6.07, 6.45) is 1.42. The monoisotopic (exact) mass is 634 g/mol. The largest absolute Gasteiger partial charge is 0.486 e. The maximum absolute atomic E-state index is 13.9. The molecule has 0 spiro atoms. The maximum atomic E-state index is 13.9. The minimum absolute atomic E-state index is 0.0379. The zero-order valence-electron chi connectivity index (χ0n) is 17.8. The Kier molecular flexibility index (Phi) is 7.13. The van der Waals surface area contributed by atoms with Gasteiger partial charge in [0.25, 0.3) is 11.8 Å². The number of benzene rings is 3. The molecule has 0 aromatic heterocycles. The average molecular weight is 635 g/mol. The Balaban J connectivity index is 1.61. The van der Waals surface area contributed by atoms with Crippen LogP contribution in [0.4, 0.5) is 14.9 Å². The van der Waals surface area contributed by atoms with E-state index in [9.17, 15) is 18.8 Å². The number of ether oxygens (including phenoxy) is 1. The van der Waals surface area contributed by atoms with Gasteiger partial charge in [0, 0.05) is 5.56 Å². The molecule has 1 fully saturated rings. The van der Waals surface area contributed by atoms with Crippen molar-refractivity contribution in [1.29, 1.82) is 0 Å². The number of carbonyl (C=O) groups excluding carboxylic acids is 3. The average Bonchev–Trinajstić information content (AvgIpc) is 2.78. The molecule has 0 aliphatic carbocycles. The van der Waals surface area contributed by atoms with Crippen LogP contribution in [0.2, 0.25) is 0 Å². The minimum Gasteiger partial charge on any atom is -0.486 e. The Morgan fingerprint density at radius 1 is 1.09 bits per heavy atom. The number of hydrogen-bond acceptors (Lipinski definition) is 4. The predicted molar refractivity (Wildman–Crippen MR) is 138 cm³/mol. The first-order valence-corrected chi connectivity index (χ1v) is 11.9. The quantitative estimate of drug-likeness (QED) is 0.220. The van der Waals surface area contributed by atoms with E-state index in [0.29, 0.717) is 30.6 Å². The van der Waals surface area contributed by atoms with Gasteiger partial charge in [-0.2, -0.15) is 0 Å². The van der Waals surface area contributed by atoms with Gasteiger partial charge in [-0.15, -0.1) is 0 Å². The highest BCUT2D eigenvalue weighted by molar-refractivity contribution is 14.1. The molecule has 1 N–H and O–H groups in total. The Labute approximate surface area is 217 Å². The molecule has 4 amide bonds. The molecular weight excluding hydrogens is 618 g/mol. The molecular formula is C25H17BrFIN2O4. The third-order valence-corrected chi connectivity index (χ3v) is 6.45. The molecule has 9 heteroatoms. The van der Waals surface area contributed by atoms with Gasteiger partial charge >= 0.3 is 6.03 Å². The number of halogens is 3. The number of hydrogen-bond donors (Lipinski definition) is 1. The van der Waals surface area contributed by atoms with Crippen LogP contribution in [0.25, 0.3) is 6.08 Å². The van der Waals surface area contributed by atoms with E-state index < -0.39 is 17.8 Å². The van der Waals surface area contributed by atoms with E-state index in [0.717, 1.165) is 10.5 Å². The Morgan fingerprint density at radius 3 is 2.47 bits per heavy atom. The van der Waals surface area contributed by atoms with Crippen LogP contribution in [-0.2, 0) is 16.2 Å². The van der Waals surface area contributed by atoms with Crippen LogP contribution < -0.4 is 15.0 Å².